The Balaban J connectivity index is 0.000000810. The van der Waals surface area contributed by atoms with Crippen LogP contribution in [0.1, 0.15) is 0 Å². The van der Waals surface area contributed by atoms with E-state index in [9.17, 15) is 12.3 Å². The lowest BCUT2D eigenvalue weighted by Crippen LogP contribution is -2.45. The van der Waals surface area contributed by atoms with Gasteiger partial charge in [-0.15, -0.1) is 16.3 Å². The first-order chi connectivity index (χ1) is 4.08. The lowest BCUT2D eigenvalue weighted by Gasteiger charge is -2.24. The molecular formula is C4H9ClFNO2S. The Morgan fingerprint density at radius 2 is 2.00 bits per heavy atom. The molecule has 1 aliphatic rings. The summed E-state index contributed by atoms with van der Waals surface area (Å²) in [5.74, 6) is -0.319. The first-order valence-electron chi connectivity index (χ1n) is 2.71. The predicted octanol–water partition coefficient (Wildman–Crippen LogP) is -0.0731. The first kappa shape index (κ1) is 10.1. The van der Waals surface area contributed by atoms with Crippen LogP contribution < -0.4 is 5.32 Å². The molecule has 0 saturated carbocycles. The largest absolute Gasteiger partial charge is 0.316 e. The Morgan fingerprint density at radius 3 is 2.10 bits per heavy atom. The quantitative estimate of drug-likeness (QED) is 0.619. The Bertz CT molecular complexity index is 189. The molecule has 0 atom stereocenters. The minimum absolute atomic E-state index is 0. The highest BCUT2D eigenvalue weighted by molar-refractivity contribution is 7.86. The zero-order valence-electron chi connectivity index (χ0n) is 5.21. The van der Waals surface area contributed by atoms with Crippen LogP contribution in [0.3, 0.4) is 0 Å². The third kappa shape index (κ3) is 3.34. The van der Waals surface area contributed by atoms with E-state index in [2.05, 4.69) is 5.32 Å². The van der Waals surface area contributed by atoms with E-state index in [1.54, 1.807) is 0 Å². The molecule has 1 fully saturated rings. The average molecular weight is 190 g/mol. The molecule has 6 heteroatoms. The van der Waals surface area contributed by atoms with Gasteiger partial charge in [-0.1, -0.05) is 0 Å². The zero-order valence-corrected chi connectivity index (χ0v) is 6.84. The Labute approximate surface area is 65.6 Å². The minimum Gasteiger partial charge on any atom is -0.316 e. The van der Waals surface area contributed by atoms with Crippen molar-refractivity contribution in [3.05, 3.63) is 0 Å². The molecule has 1 N–H and O–H groups in total. The lowest BCUT2D eigenvalue weighted by molar-refractivity contribution is 0.374. The summed E-state index contributed by atoms with van der Waals surface area (Å²) in [6, 6.07) is 0. The van der Waals surface area contributed by atoms with Crippen molar-refractivity contribution in [2.75, 3.05) is 18.8 Å². The zero-order chi connectivity index (χ0) is 6.91. The smallest absolute Gasteiger partial charge is 0.302 e. The van der Waals surface area contributed by atoms with E-state index >= 15 is 0 Å². The second-order valence-electron chi connectivity index (χ2n) is 2.23. The maximum atomic E-state index is 11.8. The van der Waals surface area contributed by atoms with Crippen molar-refractivity contribution < 1.29 is 12.3 Å². The summed E-state index contributed by atoms with van der Waals surface area (Å²) >= 11 is 0. The molecule has 0 aromatic carbocycles. The van der Waals surface area contributed by atoms with Crippen LogP contribution in [0, 0.1) is 5.92 Å². The lowest BCUT2D eigenvalue weighted by atomic mass is 10.1. The SMILES string of the molecule is Cl.O=S(=O)(F)CC1CNC1. The molecule has 1 rings (SSSR count). The second-order valence-corrected chi connectivity index (χ2v) is 3.64. The van der Waals surface area contributed by atoms with Gasteiger partial charge >= 0.3 is 10.2 Å². The van der Waals surface area contributed by atoms with Crippen LogP contribution >= 0.6 is 12.4 Å². The Kier molecular flexibility index (Phi) is 3.55. The van der Waals surface area contributed by atoms with Crippen LogP contribution in [-0.4, -0.2) is 27.3 Å². The molecule has 10 heavy (non-hydrogen) atoms. The Hall–Kier alpha value is 0.130. The maximum absolute atomic E-state index is 11.8. The molecule has 0 radical (unpaired) electrons. The highest BCUT2D eigenvalue weighted by Crippen LogP contribution is 2.07. The summed E-state index contributed by atoms with van der Waals surface area (Å²) in [5.41, 5.74) is 0. The molecule has 0 aromatic heterocycles. The average Bonchev–Trinajstić information content (AvgIpc) is 1.53. The number of hydrogen-bond acceptors (Lipinski definition) is 3. The van der Waals surface area contributed by atoms with Gasteiger partial charge < -0.3 is 5.32 Å². The minimum atomic E-state index is -4.22. The molecule has 3 nitrogen and oxygen atoms in total. The molecule has 0 amide bonds. The monoisotopic (exact) mass is 189 g/mol. The van der Waals surface area contributed by atoms with Gasteiger partial charge in [0.25, 0.3) is 0 Å². The van der Waals surface area contributed by atoms with Gasteiger partial charge in [-0.25, -0.2) is 0 Å². The van der Waals surface area contributed by atoms with E-state index in [-0.39, 0.29) is 24.1 Å². The van der Waals surface area contributed by atoms with Crippen LogP contribution in [0.15, 0.2) is 0 Å². The van der Waals surface area contributed by atoms with Gasteiger partial charge in [0.15, 0.2) is 0 Å². The standard InChI is InChI=1S/C4H8FNO2S.ClH/c5-9(7,8)3-4-1-6-2-4;/h4,6H,1-3H2;1H. The van der Waals surface area contributed by atoms with E-state index < -0.39 is 10.2 Å². The van der Waals surface area contributed by atoms with E-state index in [4.69, 9.17) is 0 Å². The molecular weight excluding hydrogens is 181 g/mol. The maximum Gasteiger partial charge on any atom is 0.302 e. The molecule has 1 saturated heterocycles. The highest BCUT2D eigenvalue weighted by Gasteiger charge is 2.23. The van der Waals surface area contributed by atoms with E-state index in [1.807, 2.05) is 0 Å². The van der Waals surface area contributed by atoms with Gasteiger partial charge in [-0.2, -0.15) is 8.42 Å². The Morgan fingerprint density at radius 1 is 1.50 bits per heavy atom. The molecule has 0 aliphatic carbocycles. The number of nitrogens with one attached hydrogen (secondary N) is 1. The molecule has 0 bridgehead atoms. The van der Waals surface area contributed by atoms with Gasteiger partial charge in [0.05, 0.1) is 5.75 Å². The van der Waals surface area contributed by atoms with Crippen molar-refractivity contribution >= 4 is 22.6 Å². The van der Waals surface area contributed by atoms with Crippen LogP contribution in [0.5, 0.6) is 0 Å². The van der Waals surface area contributed by atoms with Crippen LogP contribution in [0.25, 0.3) is 0 Å². The van der Waals surface area contributed by atoms with Crippen molar-refractivity contribution in [3.63, 3.8) is 0 Å². The van der Waals surface area contributed by atoms with Crippen molar-refractivity contribution in [2.45, 2.75) is 0 Å². The predicted molar refractivity (Wildman–Crippen MR) is 38.5 cm³/mol. The van der Waals surface area contributed by atoms with Gasteiger partial charge in [0, 0.05) is 19.0 Å². The van der Waals surface area contributed by atoms with E-state index in [0.29, 0.717) is 13.1 Å². The third-order valence-corrected chi connectivity index (χ3v) is 2.17. The van der Waals surface area contributed by atoms with Crippen molar-refractivity contribution in [1.29, 1.82) is 0 Å². The summed E-state index contributed by atoms with van der Waals surface area (Å²) in [6.45, 7) is 1.26. The summed E-state index contributed by atoms with van der Waals surface area (Å²) in [5, 5.41) is 2.85. The van der Waals surface area contributed by atoms with Crippen molar-refractivity contribution in [3.8, 4) is 0 Å². The summed E-state index contributed by atoms with van der Waals surface area (Å²) in [7, 11) is -4.22. The topological polar surface area (TPSA) is 46.2 Å². The highest BCUT2D eigenvalue weighted by atomic mass is 35.5. The summed E-state index contributed by atoms with van der Waals surface area (Å²) in [4.78, 5) is 0. The molecule has 1 heterocycles. The van der Waals surface area contributed by atoms with Gasteiger partial charge in [0.1, 0.15) is 0 Å². The van der Waals surface area contributed by atoms with E-state index in [0.717, 1.165) is 0 Å². The third-order valence-electron chi connectivity index (χ3n) is 1.30. The summed E-state index contributed by atoms with van der Waals surface area (Å²) in [6.07, 6.45) is 0. The second kappa shape index (κ2) is 3.50. The molecule has 0 unspecified atom stereocenters. The number of rotatable bonds is 2. The van der Waals surface area contributed by atoms with Gasteiger partial charge in [-0.3, -0.25) is 0 Å². The van der Waals surface area contributed by atoms with Crippen molar-refractivity contribution in [1.82, 2.24) is 5.32 Å². The van der Waals surface area contributed by atoms with Crippen LogP contribution in [0.4, 0.5) is 3.89 Å². The fourth-order valence-electron chi connectivity index (χ4n) is 0.748. The number of hydrogen-bond donors (Lipinski definition) is 1. The summed E-state index contributed by atoms with van der Waals surface area (Å²) < 4.78 is 31.7. The van der Waals surface area contributed by atoms with E-state index in [1.165, 1.54) is 0 Å². The molecule has 1 aliphatic heterocycles. The number of halogens is 2. The fourth-order valence-corrected chi connectivity index (χ4v) is 1.55. The van der Waals surface area contributed by atoms with Gasteiger partial charge in [0.2, 0.25) is 0 Å². The fraction of sp³-hybridized carbons (Fsp3) is 1.00. The molecule has 62 valence electrons. The van der Waals surface area contributed by atoms with Gasteiger partial charge in [-0.05, 0) is 0 Å². The van der Waals surface area contributed by atoms with Crippen LogP contribution in [0.2, 0.25) is 0 Å². The van der Waals surface area contributed by atoms with Crippen LogP contribution in [-0.2, 0) is 10.2 Å². The van der Waals surface area contributed by atoms with Crippen molar-refractivity contribution in [2.24, 2.45) is 5.92 Å². The first-order valence-corrected chi connectivity index (χ1v) is 4.26. The molecule has 0 aromatic rings. The molecule has 0 spiro atoms. The normalized spacial score (nSPS) is 19.3.